The second-order valence-electron chi connectivity index (χ2n) is 6.80. The fourth-order valence-corrected chi connectivity index (χ4v) is 4.77. The van der Waals surface area contributed by atoms with Gasteiger partial charge in [-0.1, -0.05) is 29.8 Å². The molecule has 0 bridgehead atoms. The molecule has 0 saturated carbocycles. The predicted octanol–water partition coefficient (Wildman–Crippen LogP) is 1.30. The van der Waals surface area contributed by atoms with E-state index >= 15 is 0 Å². The summed E-state index contributed by atoms with van der Waals surface area (Å²) in [5.74, 6) is 0.387. The summed E-state index contributed by atoms with van der Waals surface area (Å²) in [6.45, 7) is -0.671. The molecule has 0 spiro atoms. The molecule has 0 aliphatic rings. The topological polar surface area (TPSA) is 164 Å². The van der Waals surface area contributed by atoms with Crippen LogP contribution in [0.1, 0.15) is 5.56 Å². The van der Waals surface area contributed by atoms with E-state index in [1.807, 2.05) is 0 Å². The van der Waals surface area contributed by atoms with Gasteiger partial charge in [0.15, 0.2) is 18.1 Å². The number of fused-ring (bicyclic) bond motifs is 1. The number of halogens is 1. The predicted molar refractivity (Wildman–Crippen MR) is 121 cm³/mol. The molecule has 0 fully saturated rings. The summed E-state index contributed by atoms with van der Waals surface area (Å²) in [4.78, 5) is 7.88. The number of nitrogens with zero attached hydrogens (tertiary/aromatic N) is 3. The lowest BCUT2D eigenvalue weighted by Crippen LogP contribution is -2.37. The van der Waals surface area contributed by atoms with Crippen LogP contribution in [0.15, 0.2) is 58.5 Å². The number of hydrogen-bond acceptors (Lipinski definition) is 7. The summed E-state index contributed by atoms with van der Waals surface area (Å²) < 4.78 is 33.0. The molecule has 1 heterocycles. The van der Waals surface area contributed by atoms with Crippen molar-refractivity contribution in [3.63, 3.8) is 0 Å². The number of methoxy groups -OCH3 is 1. The number of nitrogens with two attached hydrogens (primary N) is 2. The zero-order valence-electron chi connectivity index (χ0n) is 17.0. The molecule has 170 valence electrons. The fourth-order valence-electron chi connectivity index (χ4n) is 3.10. The first-order valence-electron chi connectivity index (χ1n) is 9.29. The van der Waals surface area contributed by atoms with E-state index in [0.717, 1.165) is 4.31 Å². The lowest BCUT2D eigenvalue weighted by Gasteiger charge is -2.23. The van der Waals surface area contributed by atoms with Crippen LogP contribution in [0.3, 0.4) is 0 Å². The van der Waals surface area contributed by atoms with Crippen LogP contribution in [0.2, 0.25) is 5.02 Å². The number of ether oxygens (including phenoxy) is 1. The summed E-state index contributed by atoms with van der Waals surface area (Å²) in [5, 5.41) is 20.1. The minimum atomic E-state index is -4.17. The molecule has 32 heavy (non-hydrogen) atoms. The molecular weight excluding hydrogens is 458 g/mol. The third-order valence-electron chi connectivity index (χ3n) is 4.52. The van der Waals surface area contributed by atoms with Crippen LogP contribution in [0.5, 0.6) is 5.75 Å². The van der Waals surface area contributed by atoms with Crippen LogP contribution in [0, 0.1) is 0 Å². The van der Waals surface area contributed by atoms with E-state index in [9.17, 15) is 18.6 Å². The summed E-state index contributed by atoms with van der Waals surface area (Å²) >= 11 is 6.19. The fraction of sp³-hybridized carbons (Fsp3) is 0.200. The first-order chi connectivity index (χ1) is 15.1. The highest BCUT2D eigenvalue weighted by molar-refractivity contribution is 7.89. The number of aliphatic imine (C=N–C) groups is 1. The third kappa shape index (κ3) is 5.26. The van der Waals surface area contributed by atoms with E-state index in [-0.39, 0.29) is 28.2 Å². The average Bonchev–Trinajstić information content (AvgIpc) is 2.74. The first kappa shape index (κ1) is 23.7. The molecule has 1 aromatic heterocycles. The minimum absolute atomic E-state index is 0.1000. The SMILES string of the molecule is COc1cccc(CN(CC(O)O)S(=O)(=O)c2ccc3c(Cl)cnc(N=C(N)N)c3c2)c1. The maximum absolute atomic E-state index is 13.4. The highest BCUT2D eigenvalue weighted by atomic mass is 35.5. The van der Waals surface area contributed by atoms with E-state index < -0.39 is 22.9 Å². The van der Waals surface area contributed by atoms with E-state index in [0.29, 0.717) is 22.1 Å². The number of hydrogen-bond donors (Lipinski definition) is 4. The normalized spacial score (nSPS) is 11.8. The van der Waals surface area contributed by atoms with Crippen molar-refractivity contribution >= 4 is 44.2 Å². The van der Waals surface area contributed by atoms with Crippen LogP contribution >= 0.6 is 11.6 Å². The Morgan fingerprint density at radius 1 is 1.22 bits per heavy atom. The van der Waals surface area contributed by atoms with Gasteiger partial charge < -0.3 is 26.4 Å². The van der Waals surface area contributed by atoms with Crippen molar-refractivity contribution in [1.29, 1.82) is 0 Å². The minimum Gasteiger partial charge on any atom is -0.497 e. The van der Waals surface area contributed by atoms with Gasteiger partial charge in [0.2, 0.25) is 10.0 Å². The molecule has 0 aliphatic heterocycles. The standard InChI is InChI=1S/C20H22ClN5O5S/c1-31-13-4-2-3-12(7-13)10-26(11-18(27)28)32(29,30)14-5-6-15-16(8-14)19(25-20(22)23)24-9-17(15)21/h2-9,18,27-28H,10-11H2,1H3,(H4,22,23,24,25). The van der Waals surface area contributed by atoms with Gasteiger partial charge in [-0.25, -0.2) is 13.4 Å². The van der Waals surface area contributed by atoms with Crippen molar-refractivity contribution in [2.75, 3.05) is 13.7 Å². The Morgan fingerprint density at radius 2 is 1.97 bits per heavy atom. The number of aliphatic hydroxyl groups is 2. The molecule has 0 unspecified atom stereocenters. The smallest absolute Gasteiger partial charge is 0.243 e. The van der Waals surface area contributed by atoms with Crippen LogP contribution in [-0.4, -0.2) is 53.8 Å². The molecule has 0 radical (unpaired) electrons. The Balaban J connectivity index is 2.10. The van der Waals surface area contributed by atoms with Crippen LogP contribution in [0.25, 0.3) is 10.8 Å². The zero-order chi connectivity index (χ0) is 23.5. The Hall–Kier alpha value is -2.96. The van der Waals surface area contributed by atoms with Crippen LogP contribution < -0.4 is 16.2 Å². The van der Waals surface area contributed by atoms with E-state index in [2.05, 4.69) is 9.98 Å². The lowest BCUT2D eigenvalue weighted by molar-refractivity contribution is -0.0501. The summed E-state index contributed by atoms with van der Waals surface area (Å²) in [6.07, 6.45) is -0.527. The molecular formula is C20H22ClN5O5S. The number of aromatic nitrogens is 1. The second kappa shape index (κ2) is 9.67. The monoisotopic (exact) mass is 479 g/mol. The molecule has 3 rings (SSSR count). The summed E-state index contributed by atoms with van der Waals surface area (Å²) in [7, 11) is -2.68. The Labute approximate surface area is 189 Å². The molecule has 0 amide bonds. The molecule has 12 heteroatoms. The molecule has 3 aromatic rings. The van der Waals surface area contributed by atoms with Crippen molar-refractivity contribution in [2.24, 2.45) is 16.5 Å². The number of sulfonamides is 1. The third-order valence-corrected chi connectivity index (χ3v) is 6.63. The molecule has 0 saturated heterocycles. The Kier molecular flexibility index (Phi) is 7.16. The van der Waals surface area contributed by atoms with Crippen LogP contribution in [-0.2, 0) is 16.6 Å². The Bertz CT molecular complexity index is 1260. The maximum atomic E-state index is 13.4. The van der Waals surface area contributed by atoms with Crippen LogP contribution in [0.4, 0.5) is 5.82 Å². The van der Waals surface area contributed by atoms with Gasteiger partial charge in [0, 0.05) is 23.5 Å². The largest absolute Gasteiger partial charge is 0.497 e. The van der Waals surface area contributed by atoms with E-state index in [4.69, 9.17) is 27.8 Å². The number of guanidine groups is 1. The summed E-state index contributed by atoms with van der Waals surface area (Å²) in [5.41, 5.74) is 11.5. The second-order valence-corrected chi connectivity index (χ2v) is 9.15. The molecule has 10 nitrogen and oxygen atoms in total. The average molecular weight is 480 g/mol. The first-order valence-corrected chi connectivity index (χ1v) is 11.1. The lowest BCUT2D eigenvalue weighted by atomic mass is 10.1. The number of pyridine rings is 1. The number of aliphatic hydroxyl groups excluding tert-OH is 1. The van der Waals surface area contributed by atoms with Gasteiger partial charge in [-0.15, -0.1) is 0 Å². The van der Waals surface area contributed by atoms with Gasteiger partial charge in [0.05, 0.1) is 23.6 Å². The number of benzene rings is 2. The van der Waals surface area contributed by atoms with Crippen molar-refractivity contribution < 1.29 is 23.4 Å². The quantitative estimate of drug-likeness (QED) is 0.213. The Morgan fingerprint density at radius 3 is 2.62 bits per heavy atom. The highest BCUT2D eigenvalue weighted by Crippen LogP contribution is 2.32. The van der Waals surface area contributed by atoms with Crippen molar-refractivity contribution in [3.8, 4) is 5.75 Å². The molecule has 0 atom stereocenters. The van der Waals surface area contributed by atoms with Crippen molar-refractivity contribution in [1.82, 2.24) is 9.29 Å². The zero-order valence-corrected chi connectivity index (χ0v) is 18.6. The van der Waals surface area contributed by atoms with E-state index in [1.54, 1.807) is 24.3 Å². The van der Waals surface area contributed by atoms with E-state index in [1.165, 1.54) is 31.5 Å². The van der Waals surface area contributed by atoms with Gasteiger partial charge in [-0.05, 0) is 29.8 Å². The maximum Gasteiger partial charge on any atom is 0.243 e. The van der Waals surface area contributed by atoms with Crippen molar-refractivity contribution in [3.05, 3.63) is 59.2 Å². The van der Waals surface area contributed by atoms with Crippen molar-refractivity contribution in [2.45, 2.75) is 17.7 Å². The summed E-state index contributed by atoms with van der Waals surface area (Å²) in [6, 6.07) is 11.0. The highest BCUT2D eigenvalue weighted by Gasteiger charge is 2.27. The van der Waals surface area contributed by atoms with Gasteiger partial charge in [-0.2, -0.15) is 9.30 Å². The van der Waals surface area contributed by atoms with Gasteiger partial charge >= 0.3 is 0 Å². The molecule has 2 aromatic carbocycles. The van der Waals surface area contributed by atoms with Gasteiger partial charge in [0.1, 0.15) is 5.75 Å². The molecule has 6 N–H and O–H groups in total. The molecule has 0 aliphatic carbocycles. The number of rotatable bonds is 8. The van der Waals surface area contributed by atoms with Gasteiger partial charge in [-0.3, -0.25) is 0 Å². The van der Waals surface area contributed by atoms with Gasteiger partial charge in [0.25, 0.3) is 0 Å².